The summed E-state index contributed by atoms with van der Waals surface area (Å²) < 4.78 is 0. The number of anilines is 1. The van der Waals surface area contributed by atoms with Crippen LogP contribution in [0.2, 0.25) is 0 Å². The minimum absolute atomic E-state index is 0.0836. The first-order chi connectivity index (χ1) is 9.56. The minimum Gasteiger partial charge on any atom is -0.320 e. The zero-order valence-electron chi connectivity index (χ0n) is 10.5. The van der Waals surface area contributed by atoms with Crippen LogP contribution in [0.25, 0.3) is 0 Å². The average Bonchev–Trinajstić information content (AvgIpc) is 2.91. The molecule has 1 amide bonds. The molecule has 0 radical (unpaired) electrons. The van der Waals surface area contributed by atoms with Crippen LogP contribution in [0.15, 0.2) is 29.7 Å². The Morgan fingerprint density at radius 2 is 2.35 bits per heavy atom. The molecule has 0 saturated heterocycles. The van der Waals surface area contributed by atoms with E-state index < -0.39 is 4.92 Å². The van der Waals surface area contributed by atoms with Crippen molar-refractivity contribution >= 4 is 29.0 Å². The molecule has 0 aliphatic heterocycles. The summed E-state index contributed by atoms with van der Waals surface area (Å²) in [4.78, 5) is 26.0. The molecule has 8 nitrogen and oxygen atoms in total. The highest BCUT2D eigenvalue weighted by atomic mass is 32.2. The van der Waals surface area contributed by atoms with Gasteiger partial charge in [-0.25, -0.2) is 4.98 Å². The highest BCUT2D eigenvalue weighted by Crippen LogP contribution is 2.25. The van der Waals surface area contributed by atoms with Gasteiger partial charge in [0.25, 0.3) is 5.69 Å². The quantitative estimate of drug-likeness (QED) is 0.493. The molecule has 1 aromatic carbocycles. The van der Waals surface area contributed by atoms with Gasteiger partial charge in [-0.05, 0) is 18.6 Å². The monoisotopic (exact) mass is 293 g/mol. The number of carbonyl (C=O) groups is 1. The van der Waals surface area contributed by atoms with E-state index >= 15 is 0 Å². The van der Waals surface area contributed by atoms with E-state index in [4.69, 9.17) is 0 Å². The Labute approximate surface area is 118 Å². The Bertz CT molecular complexity index is 629. The molecule has 1 heterocycles. The molecule has 0 bridgehead atoms. The predicted octanol–water partition coefficient (Wildman–Crippen LogP) is 1.75. The van der Waals surface area contributed by atoms with E-state index in [9.17, 15) is 14.9 Å². The molecule has 0 aliphatic carbocycles. The first-order valence-electron chi connectivity index (χ1n) is 5.59. The Kier molecular flexibility index (Phi) is 4.31. The van der Waals surface area contributed by atoms with Gasteiger partial charge in [-0.2, -0.15) is 5.10 Å². The lowest BCUT2D eigenvalue weighted by atomic mass is 10.2. The fourth-order valence-corrected chi connectivity index (χ4v) is 2.06. The standard InChI is InChI=1S/C11H11N5O3S/c1-7-2-3-8(9(4-7)16(18)19)14-10(17)5-20-11-12-6-13-15-11/h2-4,6H,5H2,1H3,(H,14,17)(H,12,13,15). The Morgan fingerprint density at radius 3 is 3.00 bits per heavy atom. The number of nitro groups is 1. The van der Waals surface area contributed by atoms with Gasteiger partial charge in [0.15, 0.2) is 5.16 Å². The number of aromatic nitrogens is 3. The van der Waals surface area contributed by atoms with Gasteiger partial charge in [-0.1, -0.05) is 17.8 Å². The summed E-state index contributed by atoms with van der Waals surface area (Å²) in [5.74, 6) is -0.265. The van der Waals surface area contributed by atoms with Crippen molar-refractivity contribution in [1.82, 2.24) is 15.2 Å². The van der Waals surface area contributed by atoms with Crippen LogP contribution in [0.5, 0.6) is 0 Å². The summed E-state index contributed by atoms with van der Waals surface area (Å²) >= 11 is 1.16. The highest BCUT2D eigenvalue weighted by Gasteiger charge is 2.16. The molecular weight excluding hydrogens is 282 g/mol. The molecular formula is C11H11N5O3S. The lowest BCUT2D eigenvalue weighted by Gasteiger charge is -2.05. The lowest BCUT2D eigenvalue weighted by molar-refractivity contribution is -0.384. The number of thioether (sulfide) groups is 1. The number of amides is 1. The zero-order chi connectivity index (χ0) is 14.5. The van der Waals surface area contributed by atoms with Crippen molar-refractivity contribution in [2.24, 2.45) is 0 Å². The summed E-state index contributed by atoms with van der Waals surface area (Å²) in [5, 5.41) is 20.2. The maximum absolute atomic E-state index is 11.8. The molecule has 104 valence electrons. The number of rotatable bonds is 5. The number of nitrogens with zero attached hydrogens (tertiary/aromatic N) is 3. The second-order valence-electron chi connectivity index (χ2n) is 3.91. The third-order valence-electron chi connectivity index (χ3n) is 2.36. The number of carbonyl (C=O) groups excluding carboxylic acids is 1. The van der Waals surface area contributed by atoms with Gasteiger partial charge in [0.1, 0.15) is 12.0 Å². The summed E-state index contributed by atoms with van der Waals surface area (Å²) in [7, 11) is 0. The number of aryl methyl sites for hydroxylation is 1. The summed E-state index contributed by atoms with van der Waals surface area (Å²) in [6, 6.07) is 4.63. The van der Waals surface area contributed by atoms with E-state index in [1.807, 2.05) is 0 Å². The summed E-state index contributed by atoms with van der Waals surface area (Å²) in [6.07, 6.45) is 1.34. The Morgan fingerprint density at radius 1 is 1.55 bits per heavy atom. The van der Waals surface area contributed by atoms with Crippen LogP contribution in [0.3, 0.4) is 0 Å². The number of nitro benzene ring substituents is 1. The summed E-state index contributed by atoms with van der Waals surface area (Å²) in [6.45, 7) is 1.75. The van der Waals surface area contributed by atoms with Crippen LogP contribution in [0, 0.1) is 17.0 Å². The van der Waals surface area contributed by atoms with Crippen LogP contribution >= 0.6 is 11.8 Å². The van der Waals surface area contributed by atoms with Gasteiger partial charge >= 0.3 is 0 Å². The molecule has 0 atom stereocenters. The molecule has 2 N–H and O–H groups in total. The van der Waals surface area contributed by atoms with Crippen molar-refractivity contribution in [3.05, 3.63) is 40.2 Å². The van der Waals surface area contributed by atoms with Crippen LogP contribution in [0.1, 0.15) is 5.56 Å². The summed E-state index contributed by atoms with van der Waals surface area (Å²) in [5.41, 5.74) is 0.817. The molecule has 0 fully saturated rings. The van der Waals surface area contributed by atoms with E-state index in [0.717, 1.165) is 17.3 Å². The van der Waals surface area contributed by atoms with Gasteiger partial charge in [0.05, 0.1) is 10.7 Å². The third-order valence-corrected chi connectivity index (χ3v) is 3.23. The smallest absolute Gasteiger partial charge is 0.293 e. The fraction of sp³-hybridized carbons (Fsp3) is 0.182. The molecule has 20 heavy (non-hydrogen) atoms. The first-order valence-corrected chi connectivity index (χ1v) is 6.58. The van der Waals surface area contributed by atoms with Crippen LogP contribution in [0.4, 0.5) is 11.4 Å². The largest absolute Gasteiger partial charge is 0.320 e. The zero-order valence-corrected chi connectivity index (χ0v) is 11.3. The van der Waals surface area contributed by atoms with E-state index in [2.05, 4.69) is 20.5 Å². The van der Waals surface area contributed by atoms with Crippen molar-refractivity contribution < 1.29 is 9.72 Å². The lowest BCUT2D eigenvalue weighted by Crippen LogP contribution is -2.15. The van der Waals surface area contributed by atoms with Gasteiger partial charge in [-0.3, -0.25) is 20.0 Å². The van der Waals surface area contributed by atoms with Gasteiger partial charge in [0, 0.05) is 6.07 Å². The molecule has 1 aromatic heterocycles. The normalized spacial score (nSPS) is 10.2. The second-order valence-corrected chi connectivity index (χ2v) is 4.87. The average molecular weight is 293 g/mol. The SMILES string of the molecule is Cc1ccc(NC(=O)CSc2ncn[nH]2)c([N+](=O)[O-])c1. The van der Waals surface area contributed by atoms with Gasteiger partial charge in [0.2, 0.25) is 5.91 Å². The topological polar surface area (TPSA) is 114 Å². The van der Waals surface area contributed by atoms with Gasteiger partial charge < -0.3 is 5.32 Å². The highest BCUT2D eigenvalue weighted by molar-refractivity contribution is 7.99. The van der Waals surface area contributed by atoms with Crippen LogP contribution < -0.4 is 5.32 Å². The van der Waals surface area contributed by atoms with Crippen LogP contribution in [-0.4, -0.2) is 31.8 Å². The number of aromatic amines is 1. The van der Waals surface area contributed by atoms with Crippen LogP contribution in [-0.2, 0) is 4.79 Å². The van der Waals surface area contributed by atoms with E-state index in [-0.39, 0.29) is 23.0 Å². The number of H-pyrrole nitrogens is 1. The predicted molar refractivity (Wildman–Crippen MR) is 73.6 cm³/mol. The third kappa shape index (κ3) is 3.54. The maximum atomic E-state index is 11.8. The second kappa shape index (κ2) is 6.15. The molecule has 0 unspecified atom stereocenters. The van der Waals surface area contributed by atoms with Crippen molar-refractivity contribution in [2.45, 2.75) is 12.1 Å². The molecule has 0 saturated carbocycles. The molecule has 9 heteroatoms. The van der Waals surface area contributed by atoms with E-state index in [0.29, 0.717) is 5.16 Å². The van der Waals surface area contributed by atoms with Gasteiger partial charge in [-0.15, -0.1) is 0 Å². The molecule has 0 spiro atoms. The molecule has 2 rings (SSSR count). The van der Waals surface area contributed by atoms with Crippen molar-refractivity contribution in [1.29, 1.82) is 0 Å². The fourth-order valence-electron chi connectivity index (χ4n) is 1.48. The van der Waals surface area contributed by atoms with Crippen molar-refractivity contribution in [3.8, 4) is 0 Å². The number of hydrogen-bond donors (Lipinski definition) is 2. The number of benzene rings is 1. The maximum Gasteiger partial charge on any atom is 0.293 e. The Hall–Kier alpha value is -2.42. The first kappa shape index (κ1) is 14.0. The van der Waals surface area contributed by atoms with E-state index in [1.165, 1.54) is 18.5 Å². The van der Waals surface area contributed by atoms with E-state index in [1.54, 1.807) is 13.0 Å². The molecule has 0 aliphatic rings. The van der Waals surface area contributed by atoms with Crippen molar-refractivity contribution in [3.63, 3.8) is 0 Å². The number of hydrogen-bond acceptors (Lipinski definition) is 6. The minimum atomic E-state index is -0.522. The molecule has 2 aromatic rings. The Balaban J connectivity index is 2.02. The van der Waals surface area contributed by atoms with Crippen molar-refractivity contribution in [2.75, 3.05) is 11.1 Å². The number of nitrogens with one attached hydrogen (secondary N) is 2.